The molecular weight excluding hydrogens is 518 g/mol. The number of hydrogen-bond acceptors (Lipinski definition) is 5. The Balaban J connectivity index is 1.41. The van der Waals surface area contributed by atoms with Gasteiger partial charge in [-0.3, -0.25) is 9.78 Å². The van der Waals surface area contributed by atoms with Crippen molar-refractivity contribution in [2.24, 2.45) is 0 Å². The Bertz CT molecular complexity index is 1490. The van der Waals surface area contributed by atoms with Crippen molar-refractivity contribution in [2.75, 3.05) is 5.32 Å². The van der Waals surface area contributed by atoms with Gasteiger partial charge in [-0.15, -0.1) is 0 Å². The van der Waals surface area contributed by atoms with Gasteiger partial charge in [-0.05, 0) is 23.3 Å². The van der Waals surface area contributed by atoms with Gasteiger partial charge in [-0.25, -0.2) is 0 Å². The van der Waals surface area contributed by atoms with Crippen LogP contribution in [0.1, 0.15) is 21.5 Å². The molecule has 0 bridgehead atoms. The number of nitrogens with one attached hydrogen (secondary N) is 1. The van der Waals surface area contributed by atoms with Gasteiger partial charge in [-0.2, -0.15) is 4.98 Å². The maximum absolute atomic E-state index is 13.3. The molecule has 0 atom stereocenters. The van der Waals surface area contributed by atoms with E-state index >= 15 is 0 Å². The molecule has 0 unspecified atom stereocenters. The molecule has 2 heterocycles. The summed E-state index contributed by atoms with van der Waals surface area (Å²) in [5.41, 5.74) is 2.89. The summed E-state index contributed by atoms with van der Waals surface area (Å²) in [6, 6.07) is 28.8. The van der Waals surface area contributed by atoms with Crippen LogP contribution in [0.2, 0.25) is 0 Å². The van der Waals surface area contributed by atoms with E-state index in [1.807, 2.05) is 78.9 Å². The van der Waals surface area contributed by atoms with Gasteiger partial charge in [0.1, 0.15) is 18.9 Å². The third kappa shape index (κ3) is 5.53. The predicted octanol–water partition coefficient (Wildman–Crippen LogP) is 6.80. The number of rotatable bonds is 8. The van der Waals surface area contributed by atoms with Gasteiger partial charge in [-0.1, -0.05) is 88.7 Å². The summed E-state index contributed by atoms with van der Waals surface area (Å²) < 4.78 is 12.7. The Morgan fingerprint density at radius 2 is 1.47 bits per heavy atom. The molecule has 0 spiro atoms. The minimum atomic E-state index is -0.315. The molecular formula is C29H22BrN3O3. The highest BCUT2D eigenvalue weighted by Crippen LogP contribution is 2.30. The number of hydrogen-bond donors (Lipinski definition) is 1. The van der Waals surface area contributed by atoms with Crippen molar-refractivity contribution in [1.82, 2.24) is 9.97 Å². The molecule has 0 aliphatic carbocycles. The number of halogens is 1. The van der Waals surface area contributed by atoms with Crippen molar-refractivity contribution in [1.29, 1.82) is 0 Å². The minimum Gasteiger partial charge on any atom is -0.473 e. The third-order valence-corrected chi connectivity index (χ3v) is 6.17. The highest BCUT2D eigenvalue weighted by atomic mass is 79.9. The van der Waals surface area contributed by atoms with E-state index in [4.69, 9.17) is 9.47 Å². The van der Waals surface area contributed by atoms with Crippen molar-refractivity contribution in [3.05, 3.63) is 125 Å². The fourth-order valence-corrected chi connectivity index (χ4v) is 4.31. The molecule has 36 heavy (non-hydrogen) atoms. The van der Waals surface area contributed by atoms with Crippen LogP contribution in [0.15, 0.2) is 108 Å². The zero-order chi connectivity index (χ0) is 24.7. The fourth-order valence-electron chi connectivity index (χ4n) is 3.72. The molecule has 5 aromatic rings. The molecule has 1 N–H and O–H groups in total. The van der Waals surface area contributed by atoms with Crippen LogP contribution in [0.3, 0.4) is 0 Å². The van der Waals surface area contributed by atoms with Crippen LogP contribution in [0.25, 0.3) is 10.8 Å². The Hall–Kier alpha value is -4.23. The lowest BCUT2D eigenvalue weighted by Gasteiger charge is -2.14. The maximum atomic E-state index is 13.3. The van der Waals surface area contributed by atoms with Crippen LogP contribution in [-0.4, -0.2) is 15.9 Å². The zero-order valence-electron chi connectivity index (χ0n) is 19.2. The topological polar surface area (TPSA) is 73.3 Å². The van der Waals surface area contributed by atoms with Crippen LogP contribution in [0.4, 0.5) is 5.69 Å². The number of aromatic nitrogens is 2. The van der Waals surface area contributed by atoms with Crippen LogP contribution < -0.4 is 14.8 Å². The van der Waals surface area contributed by atoms with Gasteiger partial charge in [0.05, 0.1) is 5.56 Å². The van der Waals surface area contributed by atoms with Crippen molar-refractivity contribution < 1.29 is 14.3 Å². The number of anilines is 1. The second-order valence-electron chi connectivity index (χ2n) is 8.03. The van der Waals surface area contributed by atoms with E-state index in [9.17, 15) is 4.79 Å². The van der Waals surface area contributed by atoms with E-state index in [2.05, 4.69) is 31.2 Å². The molecule has 5 rings (SSSR count). The first-order valence-corrected chi connectivity index (χ1v) is 12.1. The van der Waals surface area contributed by atoms with Gasteiger partial charge in [0, 0.05) is 33.7 Å². The average molecular weight is 540 g/mol. The van der Waals surface area contributed by atoms with Crippen LogP contribution >= 0.6 is 15.9 Å². The quantitative estimate of drug-likeness (QED) is 0.234. The molecule has 6 nitrogen and oxygen atoms in total. The number of amides is 1. The maximum Gasteiger partial charge on any atom is 0.258 e. The monoisotopic (exact) mass is 539 g/mol. The average Bonchev–Trinajstić information content (AvgIpc) is 2.92. The van der Waals surface area contributed by atoms with Gasteiger partial charge in [0.2, 0.25) is 11.8 Å². The largest absolute Gasteiger partial charge is 0.473 e. The first-order chi connectivity index (χ1) is 17.7. The SMILES string of the molecule is O=C(Nc1ccc(OCc2ccccc2)nc1OCc1ccccc1)c1cncc2cccc(Br)c12. The van der Waals surface area contributed by atoms with Gasteiger partial charge in [0.15, 0.2) is 0 Å². The number of ether oxygens (including phenoxy) is 2. The molecule has 2 aromatic heterocycles. The molecule has 0 radical (unpaired) electrons. The van der Waals surface area contributed by atoms with Gasteiger partial charge in [0.25, 0.3) is 5.91 Å². The third-order valence-electron chi connectivity index (χ3n) is 5.51. The highest BCUT2D eigenvalue weighted by molar-refractivity contribution is 9.10. The number of carbonyl (C=O) groups excluding carboxylic acids is 1. The van der Waals surface area contributed by atoms with E-state index in [0.29, 0.717) is 30.3 Å². The Labute approximate surface area is 217 Å². The smallest absolute Gasteiger partial charge is 0.258 e. The lowest BCUT2D eigenvalue weighted by atomic mass is 10.1. The molecule has 178 valence electrons. The Morgan fingerprint density at radius 1 is 0.778 bits per heavy atom. The van der Waals surface area contributed by atoms with Gasteiger partial charge < -0.3 is 14.8 Å². The molecule has 0 saturated heterocycles. The molecule has 3 aromatic carbocycles. The summed E-state index contributed by atoms with van der Waals surface area (Å²) in [5.74, 6) is 0.351. The van der Waals surface area contributed by atoms with Crippen LogP contribution in [-0.2, 0) is 13.2 Å². The van der Waals surface area contributed by atoms with E-state index in [0.717, 1.165) is 26.4 Å². The summed E-state index contributed by atoms with van der Waals surface area (Å²) >= 11 is 3.55. The first kappa shape index (κ1) is 23.5. The molecule has 0 saturated carbocycles. The van der Waals surface area contributed by atoms with Crippen molar-refractivity contribution in [3.63, 3.8) is 0 Å². The lowest BCUT2D eigenvalue weighted by Crippen LogP contribution is -2.15. The summed E-state index contributed by atoms with van der Waals surface area (Å²) in [7, 11) is 0. The molecule has 0 aliphatic heterocycles. The van der Waals surface area contributed by atoms with Crippen molar-refractivity contribution >= 4 is 38.3 Å². The van der Waals surface area contributed by atoms with Crippen LogP contribution in [0.5, 0.6) is 11.8 Å². The van der Waals surface area contributed by atoms with E-state index in [1.54, 1.807) is 24.5 Å². The number of carbonyl (C=O) groups is 1. The van der Waals surface area contributed by atoms with E-state index in [-0.39, 0.29) is 11.8 Å². The van der Waals surface area contributed by atoms with Gasteiger partial charge >= 0.3 is 0 Å². The Kier molecular flexibility index (Phi) is 7.19. The first-order valence-electron chi connectivity index (χ1n) is 11.4. The summed E-state index contributed by atoms with van der Waals surface area (Å²) in [6.45, 7) is 0.660. The molecule has 0 fully saturated rings. The van der Waals surface area contributed by atoms with Crippen molar-refractivity contribution in [2.45, 2.75) is 13.2 Å². The highest BCUT2D eigenvalue weighted by Gasteiger charge is 2.17. The number of pyridine rings is 2. The normalized spacial score (nSPS) is 10.7. The predicted molar refractivity (Wildman–Crippen MR) is 143 cm³/mol. The number of fused-ring (bicyclic) bond motifs is 1. The fraction of sp³-hybridized carbons (Fsp3) is 0.0690. The summed E-state index contributed by atoms with van der Waals surface area (Å²) in [6.07, 6.45) is 3.28. The second-order valence-corrected chi connectivity index (χ2v) is 8.88. The molecule has 1 amide bonds. The zero-order valence-corrected chi connectivity index (χ0v) is 20.8. The summed E-state index contributed by atoms with van der Waals surface area (Å²) in [5, 5.41) is 4.59. The van der Waals surface area contributed by atoms with E-state index < -0.39 is 0 Å². The van der Waals surface area contributed by atoms with E-state index in [1.165, 1.54) is 0 Å². The van der Waals surface area contributed by atoms with Crippen molar-refractivity contribution in [3.8, 4) is 11.8 Å². The number of benzene rings is 3. The second kappa shape index (κ2) is 11.0. The minimum absolute atomic E-state index is 0.269. The lowest BCUT2D eigenvalue weighted by molar-refractivity contribution is 0.102. The standard InChI is InChI=1S/C29H22BrN3O3/c30-24-13-7-12-22-16-31-17-23(27(22)24)28(34)32-25-14-15-26(35-18-20-8-3-1-4-9-20)33-29(25)36-19-21-10-5-2-6-11-21/h1-17H,18-19H2,(H,32,34). The molecule has 0 aliphatic rings. The van der Waals surface area contributed by atoms with Crippen LogP contribution in [0, 0.1) is 0 Å². The number of nitrogens with zero attached hydrogens (tertiary/aromatic N) is 2. The Morgan fingerprint density at radius 3 is 2.19 bits per heavy atom. The molecule has 7 heteroatoms. The summed E-state index contributed by atoms with van der Waals surface area (Å²) in [4.78, 5) is 22.1.